The van der Waals surface area contributed by atoms with E-state index in [9.17, 15) is 24.0 Å². The van der Waals surface area contributed by atoms with Crippen LogP contribution in [0.1, 0.15) is 23.2 Å². The van der Waals surface area contributed by atoms with Crippen molar-refractivity contribution in [3.8, 4) is 22.6 Å². The summed E-state index contributed by atoms with van der Waals surface area (Å²) in [5.74, 6) is -0.953. The highest BCUT2D eigenvalue weighted by Gasteiger charge is 2.29. The van der Waals surface area contributed by atoms with Crippen molar-refractivity contribution >= 4 is 23.0 Å². The van der Waals surface area contributed by atoms with Gasteiger partial charge in [-0.25, -0.2) is 0 Å². The number of benzene rings is 2. The third-order valence-corrected chi connectivity index (χ3v) is 5.17. The van der Waals surface area contributed by atoms with Gasteiger partial charge in [-0.1, -0.05) is 6.07 Å². The number of carbonyl (C=O) groups is 1. The number of anilines is 3. The summed E-state index contributed by atoms with van der Waals surface area (Å²) < 4.78 is 37.7. The van der Waals surface area contributed by atoms with Gasteiger partial charge in [0.15, 0.2) is 0 Å². The van der Waals surface area contributed by atoms with Gasteiger partial charge in [0.2, 0.25) is 0 Å². The summed E-state index contributed by atoms with van der Waals surface area (Å²) in [4.78, 5) is 12.6. The number of hydrogen-bond donors (Lipinski definition) is 4. The van der Waals surface area contributed by atoms with E-state index in [2.05, 4.69) is 20.5 Å². The maximum atomic E-state index is 13.1. The Hall–Kier alpha value is -3.90. The minimum absolute atomic E-state index is 0.00427. The molecule has 1 aliphatic carbocycles. The molecule has 1 amide bonds. The van der Waals surface area contributed by atoms with Gasteiger partial charge in [0.25, 0.3) is 5.91 Å². The molecule has 4 rings (SSSR count). The van der Waals surface area contributed by atoms with E-state index in [4.69, 9.17) is 4.74 Å². The zero-order valence-corrected chi connectivity index (χ0v) is 18.3. The van der Waals surface area contributed by atoms with Crippen molar-refractivity contribution in [1.29, 1.82) is 0 Å². The predicted molar refractivity (Wildman–Crippen MR) is 118 cm³/mol. The summed E-state index contributed by atoms with van der Waals surface area (Å²) in [6.45, 7) is -3.17. The summed E-state index contributed by atoms with van der Waals surface area (Å²) >= 11 is 0. The standard InChI is InChI=1S/C22H23F2N5O5/c1-28-11-13(10-25-28)12-3-6-16(17(7-12)29(31)32)26-15-8-18(33-2)20(19(9-15)34-22(23)24)21(30)27-14-4-5-14/h3,6-11,14,22,26,31-32H,4-5H2,1-2H3,(H,27,30). The largest absolute Gasteiger partial charge is 0.496 e. The molecule has 1 fully saturated rings. The summed E-state index contributed by atoms with van der Waals surface area (Å²) in [5, 5.41) is 29.2. The van der Waals surface area contributed by atoms with Crippen LogP contribution in [0.25, 0.3) is 11.1 Å². The Morgan fingerprint density at radius 1 is 1.21 bits per heavy atom. The van der Waals surface area contributed by atoms with Crippen molar-refractivity contribution in [2.75, 3.05) is 17.7 Å². The Kier molecular flexibility index (Phi) is 6.52. The molecule has 0 bridgehead atoms. The van der Waals surface area contributed by atoms with E-state index in [1.54, 1.807) is 36.3 Å². The van der Waals surface area contributed by atoms with Crippen LogP contribution in [0.5, 0.6) is 11.5 Å². The first-order chi connectivity index (χ1) is 16.2. The smallest absolute Gasteiger partial charge is 0.387 e. The number of carbonyl (C=O) groups excluding carboxylic acids is 1. The van der Waals surface area contributed by atoms with Gasteiger partial charge >= 0.3 is 6.61 Å². The Bertz CT molecular complexity index is 1200. The fourth-order valence-electron chi connectivity index (χ4n) is 3.43. The van der Waals surface area contributed by atoms with E-state index in [0.29, 0.717) is 5.56 Å². The lowest BCUT2D eigenvalue weighted by Crippen LogP contribution is -2.27. The first kappa shape index (κ1) is 23.3. The summed E-state index contributed by atoms with van der Waals surface area (Å²) in [5.41, 5.74) is 1.68. The van der Waals surface area contributed by atoms with Crippen LogP contribution in [0.4, 0.5) is 25.8 Å². The van der Waals surface area contributed by atoms with Gasteiger partial charge in [-0.3, -0.25) is 19.9 Å². The van der Waals surface area contributed by atoms with Crippen LogP contribution in [0, 0.1) is 0 Å². The lowest BCUT2D eigenvalue weighted by molar-refractivity contribution is -0.0502. The van der Waals surface area contributed by atoms with Crippen molar-refractivity contribution in [2.24, 2.45) is 7.05 Å². The lowest BCUT2D eigenvalue weighted by atomic mass is 10.1. The van der Waals surface area contributed by atoms with Gasteiger partial charge in [-0.2, -0.15) is 13.9 Å². The van der Waals surface area contributed by atoms with Crippen LogP contribution in [0.2, 0.25) is 0 Å². The van der Waals surface area contributed by atoms with Crippen LogP contribution < -0.4 is 25.3 Å². The van der Waals surface area contributed by atoms with Crippen LogP contribution in [-0.4, -0.2) is 45.9 Å². The molecule has 4 N–H and O–H groups in total. The van der Waals surface area contributed by atoms with Gasteiger partial charge in [0, 0.05) is 42.7 Å². The zero-order valence-electron chi connectivity index (χ0n) is 18.3. The van der Waals surface area contributed by atoms with Crippen molar-refractivity contribution in [2.45, 2.75) is 25.5 Å². The average Bonchev–Trinajstić information content (AvgIpc) is 3.49. The second-order valence-electron chi connectivity index (χ2n) is 7.73. The molecule has 1 aliphatic rings. The van der Waals surface area contributed by atoms with E-state index >= 15 is 0 Å². The number of aromatic nitrogens is 2. The molecule has 0 spiro atoms. The molecule has 1 heterocycles. The Balaban J connectivity index is 1.70. The molecule has 180 valence electrons. The quantitative estimate of drug-likeness (QED) is 0.344. The average molecular weight is 475 g/mol. The number of hydrogen-bond acceptors (Lipinski definition) is 8. The van der Waals surface area contributed by atoms with Gasteiger partial charge < -0.3 is 20.1 Å². The highest BCUT2D eigenvalue weighted by Crippen LogP contribution is 2.38. The third-order valence-electron chi connectivity index (χ3n) is 5.17. The fraction of sp³-hybridized carbons (Fsp3) is 0.273. The molecule has 0 saturated heterocycles. The second-order valence-corrected chi connectivity index (χ2v) is 7.73. The van der Waals surface area contributed by atoms with Crippen molar-refractivity contribution in [3.05, 3.63) is 48.3 Å². The van der Waals surface area contributed by atoms with Gasteiger partial charge in [0.1, 0.15) is 22.7 Å². The van der Waals surface area contributed by atoms with E-state index in [1.807, 2.05) is 0 Å². The minimum atomic E-state index is -3.17. The molecule has 10 nitrogen and oxygen atoms in total. The Morgan fingerprint density at radius 2 is 1.94 bits per heavy atom. The number of halogens is 2. The van der Waals surface area contributed by atoms with Crippen LogP contribution in [0.3, 0.4) is 0 Å². The lowest BCUT2D eigenvalue weighted by Gasteiger charge is -2.19. The molecule has 1 aromatic heterocycles. The van der Waals surface area contributed by atoms with Crippen LogP contribution in [-0.2, 0) is 7.05 Å². The van der Waals surface area contributed by atoms with Crippen LogP contribution in [0.15, 0.2) is 42.7 Å². The molecule has 0 radical (unpaired) electrons. The maximum Gasteiger partial charge on any atom is 0.387 e. The van der Waals surface area contributed by atoms with E-state index in [0.717, 1.165) is 18.4 Å². The number of nitrogens with zero attached hydrogens (tertiary/aromatic N) is 3. The number of nitrogens with one attached hydrogen (secondary N) is 2. The molecule has 34 heavy (non-hydrogen) atoms. The Labute approximate surface area is 193 Å². The van der Waals surface area contributed by atoms with Crippen molar-refractivity contribution in [3.63, 3.8) is 0 Å². The number of aryl methyl sites for hydroxylation is 1. The molecular formula is C22H23F2N5O5. The summed E-state index contributed by atoms with van der Waals surface area (Å²) in [6.07, 6.45) is 5.01. The molecule has 0 unspecified atom stereocenters. The fourth-order valence-corrected chi connectivity index (χ4v) is 3.43. The molecule has 12 heteroatoms. The van der Waals surface area contributed by atoms with Gasteiger partial charge in [0.05, 0.1) is 19.0 Å². The highest BCUT2D eigenvalue weighted by atomic mass is 19.3. The highest BCUT2D eigenvalue weighted by molar-refractivity contribution is 6.01. The Morgan fingerprint density at radius 3 is 2.53 bits per heavy atom. The van der Waals surface area contributed by atoms with Gasteiger partial charge in [-0.15, -0.1) is 5.23 Å². The monoisotopic (exact) mass is 475 g/mol. The van der Waals surface area contributed by atoms with Crippen molar-refractivity contribution < 1.29 is 33.5 Å². The SMILES string of the molecule is COc1cc(Nc2ccc(-c3cnn(C)c3)cc2N(O)O)cc(OC(F)F)c1C(=O)NC1CC1. The second kappa shape index (κ2) is 9.53. The number of ether oxygens (including phenoxy) is 2. The molecule has 2 aromatic carbocycles. The van der Waals surface area contributed by atoms with Gasteiger partial charge in [-0.05, 0) is 30.5 Å². The first-order valence-electron chi connectivity index (χ1n) is 10.3. The molecule has 0 atom stereocenters. The molecule has 1 saturated carbocycles. The number of rotatable bonds is 9. The van der Waals surface area contributed by atoms with Crippen molar-refractivity contribution in [1.82, 2.24) is 15.1 Å². The number of amides is 1. The summed E-state index contributed by atoms with van der Waals surface area (Å²) in [6, 6.07) is 7.44. The van der Waals surface area contributed by atoms with E-state index in [1.165, 1.54) is 25.3 Å². The molecule has 3 aromatic rings. The topological polar surface area (TPSA) is 121 Å². The normalized spacial score (nSPS) is 13.0. The molecular weight excluding hydrogens is 452 g/mol. The third kappa shape index (κ3) is 5.18. The number of alkyl halides is 2. The van der Waals surface area contributed by atoms with E-state index in [-0.39, 0.29) is 45.4 Å². The maximum absolute atomic E-state index is 13.1. The zero-order chi connectivity index (χ0) is 24.4. The van der Waals surface area contributed by atoms with Crippen LogP contribution >= 0.6 is 0 Å². The van der Waals surface area contributed by atoms with E-state index < -0.39 is 12.5 Å². The first-order valence-corrected chi connectivity index (χ1v) is 10.3. The number of methoxy groups -OCH3 is 1. The minimum Gasteiger partial charge on any atom is -0.496 e. The summed E-state index contributed by atoms with van der Waals surface area (Å²) in [7, 11) is 3.06. The molecule has 0 aliphatic heterocycles. The predicted octanol–water partition coefficient (Wildman–Crippen LogP) is 3.92.